The van der Waals surface area contributed by atoms with Crippen LogP contribution in [0.4, 0.5) is 8.78 Å². The Bertz CT molecular complexity index is 471. The van der Waals surface area contributed by atoms with E-state index in [-0.39, 0.29) is 10.7 Å². The summed E-state index contributed by atoms with van der Waals surface area (Å²) >= 11 is 5.61. The molecule has 0 atom stereocenters. The van der Waals surface area contributed by atoms with Crippen molar-refractivity contribution in [1.29, 1.82) is 0 Å². The van der Waals surface area contributed by atoms with Crippen LogP contribution in [0.2, 0.25) is 5.15 Å². The van der Waals surface area contributed by atoms with Crippen molar-refractivity contribution < 1.29 is 8.78 Å². The first-order valence-electron chi connectivity index (χ1n) is 4.02. The van der Waals surface area contributed by atoms with Crippen LogP contribution >= 0.6 is 11.6 Å². The second-order valence-electron chi connectivity index (χ2n) is 2.86. The predicted molar refractivity (Wildman–Crippen MR) is 51.7 cm³/mol. The standard InChI is InChI=1S/C10H6ClF2N/c11-9-7(10(12)13)5-6-3-1-2-4-8(6)14-9/h1-5,10H. The number of rotatable bonds is 1. The molecule has 0 aliphatic rings. The van der Waals surface area contributed by atoms with Gasteiger partial charge in [-0.1, -0.05) is 29.8 Å². The molecule has 0 saturated heterocycles. The van der Waals surface area contributed by atoms with E-state index >= 15 is 0 Å². The number of aromatic nitrogens is 1. The van der Waals surface area contributed by atoms with Crippen molar-refractivity contribution in [1.82, 2.24) is 4.98 Å². The molecule has 4 heteroatoms. The third-order valence-electron chi connectivity index (χ3n) is 1.94. The molecular weight excluding hydrogens is 208 g/mol. The van der Waals surface area contributed by atoms with Crippen LogP contribution in [0.25, 0.3) is 10.9 Å². The van der Waals surface area contributed by atoms with Gasteiger partial charge in [-0.05, 0) is 12.1 Å². The van der Waals surface area contributed by atoms with Crippen LogP contribution in [0.3, 0.4) is 0 Å². The highest BCUT2D eigenvalue weighted by Crippen LogP contribution is 2.28. The molecule has 0 aliphatic heterocycles. The summed E-state index contributed by atoms with van der Waals surface area (Å²) in [5.41, 5.74) is 0.410. The molecule has 1 nitrogen and oxygen atoms in total. The molecule has 0 amide bonds. The van der Waals surface area contributed by atoms with Crippen molar-refractivity contribution in [2.75, 3.05) is 0 Å². The third-order valence-corrected chi connectivity index (χ3v) is 2.24. The Balaban J connectivity index is 2.71. The zero-order chi connectivity index (χ0) is 10.1. The van der Waals surface area contributed by atoms with Gasteiger partial charge in [-0.25, -0.2) is 13.8 Å². The van der Waals surface area contributed by atoms with Gasteiger partial charge in [-0.2, -0.15) is 0 Å². The molecule has 1 aromatic heterocycles. The van der Waals surface area contributed by atoms with Crippen LogP contribution < -0.4 is 0 Å². The first-order valence-corrected chi connectivity index (χ1v) is 4.39. The molecule has 0 radical (unpaired) electrons. The SMILES string of the molecule is FC(F)c1cc2ccccc2nc1Cl. The molecule has 14 heavy (non-hydrogen) atoms. The smallest absolute Gasteiger partial charge is 0.236 e. The molecule has 0 aliphatic carbocycles. The van der Waals surface area contributed by atoms with Gasteiger partial charge in [0.2, 0.25) is 0 Å². The van der Waals surface area contributed by atoms with Crippen LogP contribution in [0.5, 0.6) is 0 Å². The largest absolute Gasteiger partial charge is 0.266 e. The fourth-order valence-corrected chi connectivity index (χ4v) is 1.49. The molecule has 0 spiro atoms. The maximum atomic E-state index is 12.4. The summed E-state index contributed by atoms with van der Waals surface area (Å²) < 4.78 is 24.9. The van der Waals surface area contributed by atoms with Gasteiger partial charge >= 0.3 is 0 Å². The van der Waals surface area contributed by atoms with Gasteiger partial charge in [0.1, 0.15) is 5.15 Å². The quantitative estimate of drug-likeness (QED) is 0.656. The van der Waals surface area contributed by atoms with Gasteiger partial charge in [0.25, 0.3) is 6.43 Å². The molecular formula is C10H6ClF2N. The minimum absolute atomic E-state index is 0.126. The first-order chi connectivity index (χ1) is 6.68. The van der Waals surface area contributed by atoms with E-state index < -0.39 is 6.43 Å². The number of pyridine rings is 1. The zero-order valence-electron chi connectivity index (χ0n) is 7.05. The lowest BCUT2D eigenvalue weighted by molar-refractivity contribution is 0.151. The maximum absolute atomic E-state index is 12.4. The number of hydrogen-bond acceptors (Lipinski definition) is 1. The second-order valence-corrected chi connectivity index (χ2v) is 3.22. The lowest BCUT2D eigenvalue weighted by atomic mass is 10.2. The average molecular weight is 214 g/mol. The molecule has 1 heterocycles. The fraction of sp³-hybridized carbons (Fsp3) is 0.100. The van der Waals surface area contributed by atoms with E-state index in [1.54, 1.807) is 24.3 Å². The van der Waals surface area contributed by atoms with E-state index in [0.717, 1.165) is 0 Å². The number of hydrogen-bond donors (Lipinski definition) is 0. The minimum atomic E-state index is -2.58. The summed E-state index contributed by atoms with van der Waals surface area (Å²) in [5, 5.41) is 0.547. The molecule has 0 bridgehead atoms. The van der Waals surface area contributed by atoms with Gasteiger partial charge in [-0.15, -0.1) is 0 Å². The highest BCUT2D eigenvalue weighted by molar-refractivity contribution is 6.30. The molecule has 72 valence electrons. The number of nitrogens with zero attached hydrogens (tertiary/aromatic N) is 1. The molecule has 2 rings (SSSR count). The Morgan fingerprint density at radius 1 is 1.21 bits per heavy atom. The summed E-state index contributed by atoms with van der Waals surface area (Å²) in [4.78, 5) is 3.88. The third kappa shape index (κ3) is 1.55. The molecule has 2 aromatic rings. The Morgan fingerprint density at radius 2 is 1.93 bits per heavy atom. The van der Waals surface area contributed by atoms with Crippen molar-refractivity contribution in [3.63, 3.8) is 0 Å². The zero-order valence-corrected chi connectivity index (χ0v) is 7.80. The number of alkyl halides is 2. The average Bonchev–Trinajstić information content (AvgIpc) is 2.16. The summed E-state index contributed by atoms with van der Waals surface area (Å²) in [5.74, 6) is 0. The van der Waals surface area contributed by atoms with Crippen molar-refractivity contribution in [2.24, 2.45) is 0 Å². The topological polar surface area (TPSA) is 12.9 Å². The van der Waals surface area contributed by atoms with Crippen LogP contribution in [0.15, 0.2) is 30.3 Å². The number of fused-ring (bicyclic) bond motifs is 1. The van der Waals surface area contributed by atoms with Crippen molar-refractivity contribution in [2.45, 2.75) is 6.43 Å². The first kappa shape index (κ1) is 9.34. The Hall–Kier alpha value is -1.22. The molecule has 0 N–H and O–H groups in total. The Morgan fingerprint density at radius 3 is 2.64 bits per heavy atom. The van der Waals surface area contributed by atoms with Gasteiger partial charge in [0.05, 0.1) is 11.1 Å². The highest BCUT2D eigenvalue weighted by atomic mass is 35.5. The van der Waals surface area contributed by atoms with Crippen molar-refractivity contribution in [3.8, 4) is 0 Å². The number of halogens is 3. The van der Waals surface area contributed by atoms with E-state index in [1.807, 2.05) is 0 Å². The molecule has 1 aromatic carbocycles. The number of benzene rings is 1. The van der Waals surface area contributed by atoms with E-state index in [4.69, 9.17) is 11.6 Å². The lowest BCUT2D eigenvalue weighted by Crippen LogP contribution is -1.90. The Kier molecular flexibility index (Phi) is 2.33. The van der Waals surface area contributed by atoms with Crippen LogP contribution in [-0.4, -0.2) is 4.98 Å². The summed E-state index contributed by atoms with van der Waals surface area (Å²) in [6.45, 7) is 0. The lowest BCUT2D eigenvalue weighted by Gasteiger charge is -2.04. The van der Waals surface area contributed by atoms with Gasteiger partial charge in [0, 0.05) is 5.39 Å². The van der Waals surface area contributed by atoms with Gasteiger partial charge in [-0.3, -0.25) is 0 Å². The van der Waals surface area contributed by atoms with Crippen molar-refractivity contribution in [3.05, 3.63) is 41.0 Å². The van der Waals surface area contributed by atoms with E-state index in [0.29, 0.717) is 10.9 Å². The highest BCUT2D eigenvalue weighted by Gasteiger charge is 2.13. The van der Waals surface area contributed by atoms with E-state index in [2.05, 4.69) is 4.98 Å². The predicted octanol–water partition coefficient (Wildman–Crippen LogP) is 3.83. The van der Waals surface area contributed by atoms with Crippen LogP contribution in [0, 0.1) is 0 Å². The molecule has 0 unspecified atom stereocenters. The normalized spacial score (nSPS) is 11.1. The van der Waals surface area contributed by atoms with Crippen molar-refractivity contribution >= 4 is 22.5 Å². The van der Waals surface area contributed by atoms with Gasteiger partial charge < -0.3 is 0 Å². The van der Waals surface area contributed by atoms with E-state index in [9.17, 15) is 8.78 Å². The monoisotopic (exact) mass is 213 g/mol. The Labute approximate surface area is 84.3 Å². The van der Waals surface area contributed by atoms with Crippen LogP contribution in [-0.2, 0) is 0 Å². The molecule has 0 saturated carbocycles. The fourth-order valence-electron chi connectivity index (χ4n) is 1.26. The summed E-state index contributed by atoms with van der Waals surface area (Å²) in [7, 11) is 0. The second kappa shape index (κ2) is 3.50. The molecule has 0 fully saturated rings. The van der Waals surface area contributed by atoms with Crippen LogP contribution in [0.1, 0.15) is 12.0 Å². The minimum Gasteiger partial charge on any atom is -0.236 e. The summed E-state index contributed by atoms with van der Waals surface area (Å²) in [6.07, 6.45) is -2.58. The van der Waals surface area contributed by atoms with E-state index in [1.165, 1.54) is 6.07 Å². The maximum Gasteiger partial charge on any atom is 0.266 e. The van der Waals surface area contributed by atoms with Gasteiger partial charge in [0.15, 0.2) is 0 Å². The summed E-state index contributed by atoms with van der Waals surface area (Å²) in [6, 6.07) is 8.39. The number of para-hydroxylation sites is 1.